The summed E-state index contributed by atoms with van der Waals surface area (Å²) in [4.78, 5) is 24.1. The molecule has 0 bridgehead atoms. The van der Waals surface area contributed by atoms with E-state index in [1.807, 2.05) is 63.2 Å². The zero-order valence-corrected chi connectivity index (χ0v) is 14.4. The van der Waals surface area contributed by atoms with Crippen molar-refractivity contribution in [2.45, 2.75) is 27.7 Å². The molecule has 0 spiro atoms. The lowest BCUT2D eigenvalue weighted by Gasteiger charge is -2.11. The van der Waals surface area contributed by atoms with E-state index in [2.05, 4.69) is 10.6 Å². The maximum atomic E-state index is 12.6. The zero-order chi connectivity index (χ0) is 17.7. The highest BCUT2D eigenvalue weighted by Gasteiger charge is 2.12. The maximum Gasteiger partial charge on any atom is 0.272 e. The Labute approximate surface area is 142 Å². The van der Waals surface area contributed by atoms with E-state index in [4.69, 9.17) is 0 Å². The highest BCUT2D eigenvalue weighted by Crippen LogP contribution is 2.16. The van der Waals surface area contributed by atoms with Gasteiger partial charge in [-0.2, -0.15) is 0 Å². The van der Waals surface area contributed by atoms with Crippen molar-refractivity contribution >= 4 is 23.6 Å². The summed E-state index contributed by atoms with van der Waals surface area (Å²) in [5, 5.41) is 5.46. The Bertz CT molecular complexity index is 787. The number of benzene rings is 2. The molecule has 2 N–H and O–H groups in total. The van der Waals surface area contributed by atoms with Gasteiger partial charge in [0.15, 0.2) is 0 Å². The largest absolute Gasteiger partial charge is 0.322 e. The molecule has 0 fully saturated rings. The molecule has 0 unspecified atom stereocenters. The number of carbonyl (C=O) groups excluding carboxylic acids is 2. The Hall–Kier alpha value is -2.88. The summed E-state index contributed by atoms with van der Waals surface area (Å²) < 4.78 is 0. The molecule has 0 saturated heterocycles. The van der Waals surface area contributed by atoms with Crippen LogP contribution in [-0.2, 0) is 9.59 Å². The third kappa shape index (κ3) is 4.81. The summed E-state index contributed by atoms with van der Waals surface area (Å²) in [5.74, 6) is -0.635. The van der Waals surface area contributed by atoms with Crippen LogP contribution in [0.3, 0.4) is 0 Å². The van der Waals surface area contributed by atoms with Crippen LogP contribution in [0.15, 0.2) is 48.2 Å². The highest BCUT2D eigenvalue weighted by molar-refractivity contribution is 6.08. The van der Waals surface area contributed by atoms with Crippen molar-refractivity contribution in [3.63, 3.8) is 0 Å². The molecule has 2 aromatic carbocycles. The molecule has 0 radical (unpaired) electrons. The molecule has 0 aliphatic rings. The van der Waals surface area contributed by atoms with Crippen LogP contribution in [0.2, 0.25) is 0 Å². The third-order valence-corrected chi connectivity index (χ3v) is 3.52. The Morgan fingerprint density at radius 2 is 1.58 bits per heavy atom. The topological polar surface area (TPSA) is 58.2 Å². The molecule has 2 rings (SSSR count). The van der Waals surface area contributed by atoms with Crippen LogP contribution in [0, 0.1) is 20.8 Å². The summed E-state index contributed by atoms with van der Waals surface area (Å²) in [6, 6.07) is 13.5. The minimum absolute atomic E-state index is 0.218. The lowest BCUT2D eigenvalue weighted by molar-refractivity contribution is -0.120. The van der Waals surface area contributed by atoms with Gasteiger partial charge in [-0.25, -0.2) is 0 Å². The van der Waals surface area contributed by atoms with Gasteiger partial charge in [0, 0.05) is 12.6 Å². The van der Waals surface area contributed by atoms with Crippen LogP contribution in [0.4, 0.5) is 5.69 Å². The van der Waals surface area contributed by atoms with Crippen molar-refractivity contribution in [1.29, 1.82) is 0 Å². The number of aryl methyl sites for hydroxylation is 3. The predicted octanol–water partition coefficient (Wildman–Crippen LogP) is 3.73. The number of hydrogen-bond acceptors (Lipinski definition) is 2. The molecule has 0 aliphatic carbocycles. The van der Waals surface area contributed by atoms with Gasteiger partial charge >= 0.3 is 0 Å². The Kier molecular flexibility index (Phi) is 5.53. The van der Waals surface area contributed by atoms with Crippen LogP contribution >= 0.6 is 0 Å². The molecule has 2 amide bonds. The van der Waals surface area contributed by atoms with Crippen LogP contribution in [0.5, 0.6) is 0 Å². The minimum atomic E-state index is -0.349. The third-order valence-electron chi connectivity index (χ3n) is 3.52. The van der Waals surface area contributed by atoms with E-state index in [1.54, 1.807) is 6.08 Å². The van der Waals surface area contributed by atoms with E-state index in [-0.39, 0.29) is 17.5 Å². The summed E-state index contributed by atoms with van der Waals surface area (Å²) in [5.41, 5.74) is 4.97. The average molecular weight is 322 g/mol. The molecular formula is C20H22N2O2. The van der Waals surface area contributed by atoms with Gasteiger partial charge in [0.1, 0.15) is 5.70 Å². The Balaban J connectivity index is 2.32. The fourth-order valence-electron chi connectivity index (χ4n) is 2.50. The van der Waals surface area contributed by atoms with Crippen molar-refractivity contribution in [2.75, 3.05) is 5.32 Å². The molecular weight excluding hydrogens is 300 g/mol. The Morgan fingerprint density at radius 3 is 2.17 bits per heavy atom. The van der Waals surface area contributed by atoms with Gasteiger partial charge in [0.05, 0.1) is 0 Å². The Morgan fingerprint density at radius 1 is 0.958 bits per heavy atom. The van der Waals surface area contributed by atoms with Gasteiger partial charge in [-0.3, -0.25) is 9.59 Å². The van der Waals surface area contributed by atoms with Crippen molar-refractivity contribution < 1.29 is 9.59 Å². The molecule has 4 heteroatoms. The molecule has 0 aromatic heterocycles. The van der Waals surface area contributed by atoms with Crippen LogP contribution < -0.4 is 10.6 Å². The fraction of sp³-hybridized carbons (Fsp3) is 0.200. The molecule has 2 aromatic rings. The smallest absolute Gasteiger partial charge is 0.272 e. The van der Waals surface area contributed by atoms with Crippen molar-refractivity contribution in [1.82, 2.24) is 5.32 Å². The summed E-state index contributed by atoms with van der Waals surface area (Å²) in [6.45, 7) is 7.29. The molecule has 0 saturated carbocycles. The molecule has 0 atom stereocenters. The lowest BCUT2D eigenvalue weighted by atomic mass is 10.1. The lowest BCUT2D eigenvalue weighted by Crippen LogP contribution is -2.29. The number of carbonyl (C=O) groups is 2. The number of nitrogens with one attached hydrogen (secondary N) is 2. The molecule has 124 valence electrons. The van der Waals surface area contributed by atoms with E-state index in [1.165, 1.54) is 6.92 Å². The fourth-order valence-corrected chi connectivity index (χ4v) is 2.50. The predicted molar refractivity (Wildman–Crippen MR) is 97.5 cm³/mol. The van der Waals surface area contributed by atoms with Gasteiger partial charge in [0.2, 0.25) is 5.91 Å². The van der Waals surface area contributed by atoms with Crippen LogP contribution in [0.25, 0.3) is 6.08 Å². The summed E-state index contributed by atoms with van der Waals surface area (Å²) >= 11 is 0. The second-order valence-electron chi connectivity index (χ2n) is 5.93. The number of anilines is 1. The quantitative estimate of drug-likeness (QED) is 0.843. The molecule has 0 aliphatic heterocycles. The van der Waals surface area contributed by atoms with Gasteiger partial charge < -0.3 is 10.6 Å². The number of hydrogen-bond donors (Lipinski definition) is 2. The zero-order valence-electron chi connectivity index (χ0n) is 14.4. The summed E-state index contributed by atoms with van der Waals surface area (Å²) in [6.07, 6.45) is 1.69. The summed E-state index contributed by atoms with van der Waals surface area (Å²) in [7, 11) is 0. The van der Waals surface area contributed by atoms with Crippen molar-refractivity contribution in [3.05, 3.63) is 70.4 Å². The molecule has 0 heterocycles. The van der Waals surface area contributed by atoms with Crippen molar-refractivity contribution in [2.24, 2.45) is 0 Å². The standard InChI is InChI=1S/C20H22N2O2/c1-13-9-14(2)11-18(10-13)22-20(24)19(21-16(4)23)12-17-8-6-5-7-15(17)3/h5-12H,1-4H3,(H,21,23)(H,22,24). The van der Waals surface area contributed by atoms with Crippen molar-refractivity contribution in [3.8, 4) is 0 Å². The average Bonchev–Trinajstić information content (AvgIpc) is 2.47. The first-order valence-corrected chi connectivity index (χ1v) is 7.79. The maximum absolute atomic E-state index is 12.6. The monoisotopic (exact) mass is 322 g/mol. The van der Waals surface area contributed by atoms with Gasteiger partial charge in [-0.1, -0.05) is 30.3 Å². The molecule has 4 nitrogen and oxygen atoms in total. The first-order chi connectivity index (χ1) is 11.3. The normalized spacial score (nSPS) is 11.1. The number of rotatable bonds is 4. The second kappa shape index (κ2) is 7.59. The van der Waals surface area contributed by atoms with E-state index >= 15 is 0 Å². The molecule has 24 heavy (non-hydrogen) atoms. The van der Waals surface area contributed by atoms with Gasteiger partial charge in [0.25, 0.3) is 5.91 Å². The van der Waals surface area contributed by atoms with Gasteiger partial charge in [-0.05, 0) is 61.2 Å². The number of amides is 2. The van der Waals surface area contributed by atoms with Gasteiger partial charge in [-0.15, -0.1) is 0 Å². The van der Waals surface area contributed by atoms with E-state index < -0.39 is 0 Å². The van der Waals surface area contributed by atoms with Crippen LogP contribution in [-0.4, -0.2) is 11.8 Å². The first kappa shape index (κ1) is 17.5. The van der Waals surface area contributed by atoms with E-state index in [0.29, 0.717) is 5.69 Å². The minimum Gasteiger partial charge on any atom is -0.322 e. The second-order valence-corrected chi connectivity index (χ2v) is 5.93. The van der Waals surface area contributed by atoms with E-state index in [9.17, 15) is 9.59 Å². The van der Waals surface area contributed by atoms with Crippen LogP contribution in [0.1, 0.15) is 29.2 Å². The van der Waals surface area contributed by atoms with E-state index in [0.717, 1.165) is 22.3 Å². The SMILES string of the molecule is CC(=O)NC(=Cc1ccccc1C)C(=O)Nc1cc(C)cc(C)c1. The highest BCUT2D eigenvalue weighted by atomic mass is 16.2. The first-order valence-electron chi connectivity index (χ1n) is 7.79.